The average molecular weight is 350 g/mol. The molecule has 6 heteroatoms. The molecule has 0 saturated heterocycles. The Labute approximate surface area is 150 Å². The molecule has 0 spiro atoms. The summed E-state index contributed by atoms with van der Waals surface area (Å²) >= 11 is 0. The van der Waals surface area contributed by atoms with Gasteiger partial charge in [0.05, 0.1) is 30.3 Å². The molecular weight excluding hydrogens is 332 g/mol. The monoisotopic (exact) mass is 350 g/mol. The molecule has 2 aliphatic rings. The molecule has 26 heavy (non-hydrogen) atoms. The molecule has 1 fully saturated rings. The normalized spacial score (nSPS) is 15.8. The van der Waals surface area contributed by atoms with Gasteiger partial charge in [-0.2, -0.15) is 0 Å². The zero-order chi connectivity index (χ0) is 18.3. The van der Waals surface area contributed by atoms with Gasteiger partial charge >= 0.3 is 0 Å². The van der Waals surface area contributed by atoms with Crippen LogP contribution in [0.5, 0.6) is 5.75 Å². The van der Waals surface area contributed by atoms with Crippen LogP contribution in [0, 0.1) is 0 Å². The van der Waals surface area contributed by atoms with E-state index in [2.05, 4.69) is 5.32 Å². The van der Waals surface area contributed by atoms with Gasteiger partial charge in [-0.1, -0.05) is 18.2 Å². The Morgan fingerprint density at radius 2 is 1.77 bits per heavy atom. The Bertz CT molecular complexity index is 883. The fourth-order valence-corrected chi connectivity index (χ4v) is 3.09. The van der Waals surface area contributed by atoms with Crippen molar-refractivity contribution in [2.75, 3.05) is 7.11 Å². The summed E-state index contributed by atoms with van der Waals surface area (Å²) in [5.74, 6) is -0.362. The first-order valence-corrected chi connectivity index (χ1v) is 8.51. The molecule has 0 bridgehead atoms. The Kier molecular flexibility index (Phi) is 3.95. The number of hydrogen-bond donors (Lipinski definition) is 1. The first-order valence-electron chi connectivity index (χ1n) is 8.51. The molecule has 2 aromatic carbocycles. The Balaban J connectivity index is 1.60. The molecule has 0 atom stereocenters. The molecular formula is C20H18N2O4. The van der Waals surface area contributed by atoms with Crippen LogP contribution < -0.4 is 10.1 Å². The fraction of sp³-hybridized carbons (Fsp3) is 0.250. The van der Waals surface area contributed by atoms with E-state index in [0.717, 1.165) is 12.8 Å². The second-order valence-corrected chi connectivity index (χ2v) is 6.52. The summed E-state index contributed by atoms with van der Waals surface area (Å²) in [7, 11) is 1.51. The van der Waals surface area contributed by atoms with E-state index in [1.54, 1.807) is 42.5 Å². The molecule has 1 heterocycles. The number of carbonyl (C=O) groups excluding carboxylic acids is 3. The van der Waals surface area contributed by atoms with Gasteiger partial charge < -0.3 is 10.1 Å². The molecule has 132 valence electrons. The van der Waals surface area contributed by atoms with E-state index < -0.39 is 0 Å². The van der Waals surface area contributed by atoms with Crippen LogP contribution in [0.3, 0.4) is 0 Å². The van der Waals surface area contributed by atoms with Crippen LogP contribution in [0.25, 0.3) is 0 Å². The zero-order valence-corrected chi connectivity index (χ0v) is 14.3. The number of imide groups is 1. The topological polar surface area (TPSA) is 75.7 Å². The van der Waals surface area contributed by atoms with E-state index in [1.165, 1.54) is 12.0 Å². The van der Waals surface area contributed by atoms with Crippen LogP contribution in [-0.4, -0.2) is 35.8 Å². The molecule has 2 aromatic rings. The summed E-state index contributed by atoms with van der Waals surface area (Å²) in [5.41, 5.74) is 1.94. The van der Waals surface area contributed by atoms with E-state index in [4.69, 9.17) is 4.74 Å². The van der Waals surface area contributed by atoms with Crippen molar-refractivity contribution in [3.63, 3.8) is 0 Å². The van der Waals surface area contributed by atoms with Crippen LogP contribution in [0.1, 0.15) is 49.5 Å². The fourth-order valence-electron chi connectivity index (χ4n) is 3.09. The van der Waals surface area contributed by atoms with Gasteiger partial charge in [0.1, 0.15) is 5.75 Å². The van der Waals surface area contributed by atoms with Gasteiger partial charge in [-0.15, -0.1) is 0 Å². The number of nitrogens with zero attached hydrogens (tertiary/aromatic N) is 1. The molecule has 0 radical (unpaired) electrons. The van der Waals surface area contributed by atoms with E-state index in [-0.39, 0.29) is 30.3 Å². The number of ether oxygens (including phenoxy) is 1. The van der Waals surface area contributed by atoms with Crippen molar-refractivity contribution in [1.82, 2.24) is 10.2 Å². The molecule has 6 nitrogen and oxygen atoms in total. The lowest BCUT2D eigenvalue weighted by Crippen LogP contribution is -2.29. The van der Waals surface area contributed by atoms with Crippen molar-refractivity contribution in [2.24, 2.45) is 0 Å². The third-order valence-corrected chi connectivity index (χ3v) is 4.64. The van der Waals surface area contributed by atoms with Gasteiger partial charge in [-0.25, -0.2) is 0 Å². The maximum atomic E-state index is 12.5. The van der Waals surface area contributed by atoms with E-state index in [1.807, 2.05) is 0 Å². The number of carbonyl (C=O) groups is 3. The quantitative estimate of drug-likeness (QED) is 0.840. The molecule has 1 aliphatic carbocycles. The Hall–Kier alpha value is -3.15. The van der Waals surface area contributed by atoms with Gasteiger partial charge in [0.2, 0.25) is 0 Å². The lowest BCUT2D eigenvalue weighted by atomic mass is 10.1. The number of hydrogen-bond acceptors (Lipinski definition) is 4. The van der Waals surface area contributed by atoms with Gasteiger partial charge in [0, 0.05) is 6.04 Å². The Morgan fingerprint density at radius 3 is 2.35 bits per heavy atom. The molecule has 4 rings (SSSR count). The van der Waals surface area contributed by atoms with Gasteiger partial charge in [0.25, 0.3) is 17.7 Å². The highest BCUT2D eigenvalue weighted by atomic mass is 16.5. The largest absolute Gasteiger partial charge is 0.496 e. The lowest BCUT2D eigenvalue weighted by molar-refractivity contribution is 0.0642. The van der Waals surface area contributed by atoms with Crippen molar-refractivity contribution in [1.29, 1.82) is 0 Å². The maximum Gasteiger partial charge on any atom is 0.261 e. The summed E-state index contributed by atoms with van der Waals surface area (Å²) in [6.45, 7) is 0.111. The second kappa shape index (κ2) is 6.29. The number of rotatable bonds is 5. The van der Waals surface area contributed by atoms with E-state index in [0.29, 0.717) is 28.0 Å². The molecule has 1 aliphatic heterocycles. The van der Waals surface area contributed by atoms with Gasteiger partial charge in [-0.05, 0) is 42.7 Å². The van der Waals surface area contributed by atoms with Crippen LogP contribution in [0.2, 0.25) is 0 Å². The lowest BCUT2D eigenvalue weighted by Gasteiger charge is -2.16. The summed E-state index contributed by atoms with van der Waals surface area (Å²) in [4.78, 5) is 38.7. The van der Waals surface area contributed by atoms with Crippen LogP contribution >= 0.6 is 0 Å². The van der Waals surface area contributed by atoms with Crippen molar-refractivity contribution in [3.05, 3.63) is 64.7 Å². The average Bonchev–Trinajstić information content (AvgIpc) is 3.45. The molecule has 1 N–H and O–H groups in total. The Morgan fingerprint density at radius 1 is 1.12 bits per heavy atom. The summed E-state index contributed by atoms with van der Waals surface area (Å²) in [6.07, 6.45) is 1.98. The highest BCUT2D eigenvalue weighted by molar-refractivity contribution is 6.21. The SMILES string of the molecule is COc1ccc(CN2C(=O)c3ccccc3C2=O)cc1C(=O)NC1CC1. The van der Waals surface area contributed by atoms with Crippen molar-refractivity contribution in [2.45, 2.75) is 25.4 Å². The number of methoxy groups -OCH3 is 1. The highest BCUT2D eigenvalue weighted by Crippen LogP contribution is 2.27. The third kappa shape index (κ3) is 2.83. The number of benzene rings is 2. The standard InChI is InChI=1S/C20H18N2O4/c1-26-17-9-6-12(10-16(17)18(23)21-13-7-8-13)11-22-19(24)14-4-2-3-5-15(14)20(22)25/h2-6,9-10,13H,7-8,11H2,1H3,(H,21,23). The third-order valence-electron chi connectivity index (χ3n) is 4.64. The number of nitrogens with one attached hydrogen (secondary N) is 1. The van der Waals surface area contributed by atoms with Crippen molar-refractivity contribution in [3.8, 4) is 5.75 Å². The smallest absolute Gasteiger partial charge is 0.261 e. The van der Waals surface area contributed by atoms with Crippen molar-refractivity contribution >= 4 is 17.7 Å². The second-order valence-electron chi connectivity index (χ2n) is 6.52. The molecule has 0 unspecified atom stereocenters. The zero-order valence-electron chi connectivity index (χ0n) is 14.3. The van der Waals surface area contributed by atoms with E-state index >= 15 is 0 Å². The van der Waals surface area contributed by atoms with Crippen LogP contribution in [0.4, 0.5) is 0 Å². The van der Waals surface area contributed by atoms with Crippen LogP contribution in [-0.2, 0) is 6.54 Å². The first-order chi connectivity index (χ1) is 12.6. The van der Waals surface area contributed by atoms with Gasteiger partial charge in [0.15, 0.2) is 0 Å². The van der Waals surface area contributed by atoms with E-state index in [9.17, 15) is 14.4 Å². The maximum absolute atomic E-state index is 12.5. The molecule has 3 amide bonds. The predicted octanol–water partition coefficient (Wildman–Crippen LogP) is 2.38. The minimum atomic E-state index is -0.314. The molecule has 1 saturated carbocycles. The summed E-state index contributed by atoms with van der Waals surface area (Å²) < 4.78 is 5.28. The minimum Gasteiger partial charge on any atom is -0.496 e. The van der Waals surface area contributed by atoms with Gasteiger partial charge in [-0.3, -0.25) is 19.3 Å². The molecule has 0 aromatic heterocycles. The highest BCUT2D eigenvalue weighted by Gasteiger charge is 2.35. The number of amides is 3. The summed E-state index contributed by atoms with van der Waals surface area (Å²) in [5, 5.41) is 2.93. The number of fused-ring (bicyclic) bond motifs is 1. The minimum absolute atomic E-state index is 0.111. The van der Waals surface area contributed by atoms with Crippen molar-refractivity contribution < 1.29 is 19.1 Å². The van der Waals surface area contributed by atoms with Crippen LogP contribution in [0.15, 0.2) is 42.5 Å². The predicted molar refractivity (Wildman–Crippen MR) is 94.1 cm³/mol. The summed E-state index contributed by atoms with van der Waals surface area (Å²) in [6, 6.07) is 12.1. The first kappa shape index (κ1) is 16.3.